The Morgan fingerprint density at radius 1 is 1.12 bits per heavy atom. The third-order valence-corrected chi connectivity index (χ3v) is 2.94. The molecule has 0 aromatic heterocycles. The fourth-order valence-corrected chi connectivity index (χ4v) is 1.61. The smallest absolute Gasteiger partial charge is 0.120 e. The van der Waals surface area contributed by atoms with Crippen molar-refractivity contribution in [2.24, 2.45) is 0 Å². The normalized spacial score (nSPS) is 10.2. The van der Waals surface area contributed by atoms with E-state index in [4.69, 9.17) is 22.1 Å². The summed E-state index contributed by atoms with van der Waals surface area (Å²) in [6.45, 7) is 2.49. The Kier molecular flexibility index (Phi) is 3.55. The molecule has 0 radical (unpaired) electrons. The van der Waals surface area contributed by atoms with Crippen molar-refractivity contribution >= 4 is 17.3 Å². The van der Waals surface area contributed by atoms with Gasteiger partial charge >= 0.3 is 0 Å². The molecule has 0 unspecified atom stereocenters. The van der Waals surface area contributed by atoms with Gasteiger partial charge in [0.05, 0.1) is 0 Å². The zero-order valence-electron chi connectivity index (χ0n) is 9.61. The average molecular weight is 248 g/mol. The predicted octanol–water partition coefficient (Wildman–Crippen LogP) is 3.81. The molecule has 17 heavy (non-hydrogen) atoms. The molecule has 2 nitrogen and oxygen atoms in total. The minimum Gasteiger partial charge on any atom is -0.489 e. The Hall–Kier alpha value is -1.67. The van der Waals surface area contributed by atoms with Gasteiger partial charge in [0.1, 0.15) is 12.4 Å². The average Bonchev–Trinajstić information content (AvgIpc) is 2.33. The van der Waals surface area contributed by atoms with Gasteiger partial charge in [-0.3, -0.25) is 0 Å². The first kappa shape index (κ1) is 11.8. The van der Waals surface area contributed by atoms with Gasteiger partial charge in [-0.05, 0) is 48.4 Å². The molecule has 0 aliphatic heterocycles. The molecule has 2 aromatic rings. The van der Waals surface area contributed by atoms with Crippen LogP contribution in [0, 0.1) is 6.92 Å². The van der Waals surface area contributed by atoms with Crippen molar-refractivity contribution in [1.82, 2.24) is 0 Å². The van der Waals surface area contributed by atoms with E-state index in [0.29, 0.717) is 6.61 Å². The van der Waals surface area contributed by atoms with E-state index in [9.17, 15) is 0 Å². The highest BCUT2D eigenvalue weighted by Gasteiger charge is 1.99. The second-order valence-corrected chi connectivity index (χ2v) is 4.35. The Bertz CT molecular complexity index is 508. The first-order valence-corrected chi connectivity index (χ1v) is 5.76. The van der Waals surface area contributed by atoms with Gasteiger partial charge in [-0.2, -0.15) is 0 Å². The molecule has 88 valence electrons. The maximum atomic E-state index is 5.95. The molecule has 0 amide bonds. The van der Waals surface area contributed by atoms with E-state index >= 15 is 0 Å². The molecule has 0 bridgehead atoms. The molecule has 0 fully saturated rings. The van der Waals surface area contributed by atoms with Crippen molar-refractivity contribution in [3.8, 4) is 5.75 Å². The fourth-order valence-electron chi connectivity index (χ4n) is 1.49. The Labute approximate surface area is 106 Å². The second-order valence-electron chi connectivity index (χ2n) is 3.94. The van der Waals surface area contributed by atoms with E-state index < -0.39 is 0 Å². The summed E-state index contributed by atoms with van der Waals surface area (Å²) >= 11 is 5.95. The number of anilines is 1. The standard InChI is InChI=1S/C14H14ClNO/c1-10-8-13(6-7-14(10)15)17-9-11-2-4-12(16)5-3-11/h2-8H,9,16H2,1H3. The summed E-state index contributed by atoms with van der Waals surface area (Å²) < 4.78 is 5.67. The number of hydrogen-bond acceptors (Lipinski definition) is 2. The summed E-state index contributed by atoms with van der Waals surface area (Å²) in [5, 5.41) is 0.754. The molecule has 0 spiro atoms. The van der Waals surface area contributed by atoms with E-state index in [0.717, 1.165) is 27.6 Å². The molecule has 2 aromatic carbocycles. The third kappa shape index (κ3) is 3.14. The van der Waals surface area contributed by atoms with Gasteiger partial charge < -0.3 is 10.5 Å². The Balaban J connectivity index is 2.02. The van der Waals surface area contributed by atoms with Gasteiger partial charge in [-0.15, -0.1) is 0 Å². The summed E-state index contributed by atoms with van der Waals surface area (Å²) in [5.41, 5.74) is 8.48. The van der Waals surface area contributed by atoms with Crippen LogP contribution >= 0.6 is 11.6 Å². The molecular weight excluding hydrogens is 234 g/mol. The first-order chi connectivity index (χ1) is 8.15. The van der Waals surface area contributed by atoms with Crippen molar-refractivity contribution in [1.29, 1.82) is 0 Å². The molecule has 2 N–H and O–H groups in total. The van der Waals surface area contributed by atoms with Crippen molar-refractivity contribution in [2.45, 2.75) is 13.5 Å². The van der Waals surface area contributed by atoms with Crippen molar-refractivity contribution < 1.29 is 4.74 Å². The molecule has 0 saturated carbocycles. The molecule has 2 rings (SSSR count). The van der Waals surface area contributed by atoms with Gasteiger partial charge in [0, 0.05) is 10.7 Å². The maximum absolute atomic E-state index is 5.95. The highest BCUT2D eigenvalue weighted by atomic mass is 35.5. The molecule has 0 saturated heterocycles. The van der Waals surface area contributed by atoms with Crippen LogP contribution in [0.2, 0.25) is 5.02 Å². The number of ether oxygens (including phenoxy) is 1. The van der Waals surface area contributed by atoms with Crippen LogP contribution < -0.4 is 10.5 Å². The number of nitrogen functional groups attached to an aromatic ring is 1. The molecular formula is C14H14ClNO. The molecule has 0 aliphatic carbocycles. The number of rotatable bonds is 3. The van der Waals surface area contributed by atoms with E-state index in [2.05, 4.69) is 0 Å². The van der Waals surface area contributed by atoms with Crippen LogP contribution in [0.1, 0.15) is 11.1 Å². The van der Waals surface area contributed by atoms with Crippen LogP contribution in [0.3, 0.4) is 0 Å². The minimum absolute atomic E-state index is 0.529. The Morgan fingerprint density at radius 2 is 1.82 bits per heavy atom. The number of halogens is 1. The Morgan fingerprint density at radius 3 is 2.47 bits per heavy atom. The minimum atomic E-state index is 0.529. The van der Waals surface area contributed by atoms with Crippen LogP contribution in [0.5, 0.6) is 5.75 Å². The quantitative estimate of drug-likeness (QED) is 0.837. The van der Waals surface area contributed by atoms with E-state index in [1.54, 1.807) is 0 Å². The molecule has 0 atom stereocenters. The van der Waals surface area contributed by atoms with Gasteiger partial charge in [-0.25, -0.2) is 0 Å². The van der Waals surface area contributed by atoms with Crippen molar-refractivity contribution in [2.75, 3.05) is 5.73 Å². The fraction of sp³-hybridized carbons (Fsp3) is 0.143. The van der Waals surface area contributed by atoms with E-state index in [-0.39, 0.29) is 0 Å². The van der Waals surface area contributed by atoms with Crippen molar-refractivity contribution in [3.05, 3.63) is 58.6 Å². The highest BCUT2D eigenvalue weighted by molar-refractivity contribution is 6.31. The summed E-state index contributed by atoms with van der Waals surface area (Å²) in [4.78, 5) is 0. The van der Waals surface area contributed by atoms with Gasteiger partial charge in [-0.1, -0.05) is 23.7 Å². The number of benzene rings is 2. The van der Waals surface area contributed by atoms with Gasteiger partial charge in [0.15, 0.2) is 0 Å². The summed E-state index contributed by atoms with van der Waals surface area (Å²) in [6, 6.07) is 13.3. The lowest BCUT2D eigenvalue weighted by Crippen LogP contribution is -1.96. The predicted molar refractivity (Wildman–Crippen MR) is 71.4 cm³/mol. The molecule has 0 heterocycles. The van der Waals surface area contributed by atoms with E-state index in [1.165, 1.54) is 0 Å². The van der Waals surface area contributed by atoms with Crippen LogP contribution in [0.15, 0.2) is 42.5 Å². The van der Waals surface area contributed by atoms with Crippen LogP contribution in [0.25, 0.3) is 0 Å². The highest BCUT2D eigenvalue weighted by Crippen LogP contribution is 2.21. The van der Waals surface area contributed by atoms with Crippen molar-refractivity contribution in [3.63, 3.8) is 0 Å². The van der Waals surface area contributed by atoms with Gasteiger partial charge in [0.25, 0.3) is 0 Å². The largest absolute Gasteiger partial charge is 0.489 e. The molecule has 3 heteroatoms. The van der Waals surface area contributed by atoms with Crippen LogP contribution in [0.4, 0.5) is 5.69 Å². The molecule has 0 aliphatic rings. The number of nitrogens with two attached hydrogens (primary N) is 1. The maximum Gasteiger partial charge on any atom is 0.120 e. The monoisotopic (exact) mass is 247 g/mol. The zero-order chi connectivity index (χ0) is 12.3. The summed E-state index contributed by atoms with van der Waals surface area (Å²) in [7, 11) is 0. The van der Waals surface area contributed by atoms with E-state index in [1.807, 2.05) is 49.4 Å². The topological polar surface area (TPSA) is 35.2 Å². The van der Waals surface area contributed by atoms with Crippen LogP contribution in [-0.2, 0) is 6.61 Å². The SMILES string of the molecule is Cc1cc(OCc2ccc(N)cc2)ccc1Cl. The third-order valence-electron chi connectivity index (χ3n) is 2.51. The summed E-state index contributed by atoms with van der Waals surface area (Å²) in [5.74, 6) is 0.823. The lowest BCUT2D eigenvalue weighted by molar-refractivity contribution is 0.306. The first-order valence-electron chi connectivity index (χ1n) is 5.38. The number of hydrogen-bond donors (Lipinski definition) is 1. The van der Waals surface area contributed by atoms with Crippen LogP contribution in [-0.4, -0.2) is 0 Å². The van der Waals surface area contributed by atoms with Gasteiger partial charge in [0.2, 0.25) is 0 Å². The summed E-state index contributed by atoms with van der Waals surface area (Å²) in [6.07, 6.45) is 0. The zero-order valence-corrected chi connectivity index (χ0v) is 10.4. The second kappa shape index (κ2) is 5.11. The lowest BCUT2D eigenvalue weighted by atomic mass is 10.2. The number of aryl methyl sites for hydroxylation is 1. The lowest BCUT2D eigenvalue weighted by Gasteiger charge is -2.08.